The molecule has 4 rings (SSSR count). The van der Waals surface area contributed by atoms with Crippen molar-refractivity contribution in [2.24, 2.45) is 5.92 Å². The topological polar surface area (TPSA) is 41.6 Å². The second-order valence-electron chi connectivity index (χ2n) is 7.53. The zero-order chi connectivity index (χ0) is 16.4. The van der Waals surface area contributed by atoms with Crippen LogP contribution in [0.1, 0.15) is 36.8 Å². The van der Waals surface area contributed by atoms with Gasteiger partial charge >= 0.3 is 0 Å². The van der Waals surface area contributed by atoms with Gasteiger partial charge in [-0.1, -0.05) is 30.7 Å². The Bertz CT molecular complexity index is 560. The maximum absolute atomic E-state index is 11.9. The molecule has 1 saturated heterocycles. The lowest BCUT2D eigenvalue weighted by Crippen LogP contribution is -2.49. The van der Waals surface area contributed by atoms with Crippen molar-refractivity contribution < 1.29 is 9.53 Å². The molecule has 1 atom stereocenters. The zero-order valence-corrected chi connectivity index (χ0v) is 14.4. The average Bonchev–Trinajstić information content (AvgIpc) is 2.97. The van der Waals surface area contributed by atoms with Gasteiger partial charge in [0.2, 0.25) is 5.91 Å². The second kappa shape index (κ2) is 7.24. The van der Waals surface area contributed by atoms with E-state index in [0.717, 1.165) is 45.5 Å². The van der Waals surface area contributed by atoms with Crippen molar-refractivity contribution in [2.45, 2.75) is 50.7 Å². The smallest absolute Gasteiger partial charge is 0.223 e. The summed E-state index contributed by atoms with van der Waals surface area (Å²) in [5.41, 5.74) is 3.02. The van der Waals surface area contributed by atoms with Crippen LogP contribution in [0, 0.1) is 5.92 Å². The highest BCUT2D eigenvalue weighted by Gasteiger charge is 2.31. The van der Waals surface area contributed by atoms with E-state index in [1.165, 1.54) is 30.4 Å². The fourth-order valence-electron chi connectivity index (χ4n) is 4.21. The van der Waals surface area contributed by atoms with Gasteiger partial charge in [0.05, 0.1) is 12.7 Å². The molecule has 2 fully saturated rings. The molecule has 0 aromatic heterocycles. The van der Waals surface area contributed by atoms with Crippen LogP contribution in [-0.4, -0.2) is 49.2 Å². The molecule has 0 spiro atoms. The number of fused-ring (bicyclic) bond motifs is 1. The first kappa shape index (κ1) is 16.1. The summed E-state index contributed by atoms with van der Waals surface area (Å²) in [6, 6.07) is 9.45. The summed E-state index contributed by atoms with van der Waals surface area (Å²) in [4.78, 5) is 14.5. The number of hydrogen-bond donors (Lipinski definition) is 1. The lowest BCUT2D eigenvalue weighted by Gasteiger charge is -2.37. The molecule has 24 heavy (non-hydrogen) atoms. The first-order valence-electron chi connectivity index (χ1n) is 9.50. The highest BCUT2D eigenvalue weighted by Crippen LogP contribution is 2.27. The van der Waals surface area contributed by atoms with Crippen LogP contribution in [0.2, 0.25) is 0 Å². The number of hydrogen-bond acceptors (Lipinski definition) is 3. The van der Waals surface area contributed by atoms with Crippen molar-refractivity contribution in [3.8, 4) is 0 Å². The maximum atomic E-state index is 11.9. The fourth-order valence-corrected chi connectivity index (χ4v) is 4.21. The van der Waals surface area contributed by atoms with Crippen LogP contribution in [-0.2, 0) is 22.4 Å². The molecule has 130 valence electrons. The monoisotopic (exact) mass is 328 g/mol. The Labute approximate surface area is 144 Å². The molecule has 1 aromatic carbocycles. The van der Waals surface area contributed by atoms with Gasteiger partial charge < -0.3 is 10.1 Å². The molecule has 0 radical (unpaired) electrons. The minimum atomic E-state index is 0.250. The number of amides is 1. The van der Waals surface area contributed by atoms with Crippen molar-refractivity contribution in [1.82, 2.24) is 10.2 Å². The van der Waals surface area contributed by atoms with E-state index in [2.05, 4.69) is 34.5 Å². The van der Waals surface area contributed by atoms with Crippen LogP contribution in [0.3, 0.4) is 0 Å². The van der Waals surface area contributed by atoms with Gasteiger partial charge in [0, 0.05) is 31.6 Å². The molecular weight excluding hydrogens is 300 g/mol. The van der Waals surface area contributed by atoms with Gasteiger partial charge in [0.15, 0.2) is 0 Å². The Kier molecular flexibility index (Phi) is 4.86. The molecule has 0 bridgehead atoms. The molecule has 2 aliphatic carbocycles. The van der Waals surface area contributed by atoms with Crippen LogP contribution in [0.4, 0.5) is 0 Å². The Morgan fingerprint density at radius 1 is 1.21 bits per heavy atom. The number of carbonyl (C=O) groups excluding carboxylic acids is 1. The van der Waals surface area contributed by atoms with E-state index in [1.807, 2.05) is 0 Å². The predicted octanol–water partition coefficient (Wildman–Crippen LogP) is 2.16. The molecule has 4 heteroatoms. The number of benzene rings is 1. The molecular formula is C20H28N2O2. The molecule has 1 aliphatic heterocycles. The molecule has 1 saturated carbocycles. The van der Waals surface area contributed by atoms with E-state index in [9.17, 15) is 4.79 Å². The quantitative estimate of drug-likeness (QED) is 0.901. The van der Waals surface area contributed by atoms with E-state index < -0.39 is 0 Å². The van der Waals surface area contributed by atoms with Crippen molar-refractivity contribution in [3.05, 3.63) is 35.4 Å². The maximum Gasteiger partial charge on any atom is 0.223 e. The highest BCUT2D eigenvalue weighted by atomic mass is 16.5. The number of ether oxygens (including phenoxy) is 1. The summed E-state index contributed by atoms with van der Waals surface area (Å²) in [5, 5.41) is 3.09. The van der Waals surface area contributed by atoms with Gasteiger partial charge in [-0.05, 0) is 43.2 Å². The third-order valence-corrected chi connectivity index (χ3v) is 5.96. The van der Waals surface area contributed by atoms with Gasteiger partial charge in [-0.25, -0.2) is 0 Å². The molecule has 4 nitrogen and oxygen atoms in total. The molecule has 3 aliphatic rings. The largest absolute Gasteiger partial charge is 0.375 e. The molecule has 1 unspecified atom stereocenters. The zero-order valence-electron chi connectivity index (χ0n) is 14.4. The summed E-state index contributed by atoms with van der Waals surface area (Å²) < 4.78 is 5.93. The minimum Gasteiger partial charge on any atom is -0.375 e. The van der Waals surface area contributed by atoms with E-state index in [0.29, 0.717) is 6.04 Å². The lowest BCUT2D eigenvalue weighted by molar-refractivity contribution is -0.127. The minimum absolute atomic E-state index is 0.250. The van der Waals surface area contributed by atoms with E-state index in [-0.39, 0.29) is 17.9 Å². The Morgan fingerprint density at radius 2 is 1.96 bits per heavy atom. The predicted molar refractivity (Wildman–Crippen MR) is 93.9 cm³/mol. The summed E-state index contributed by atoms with van der Waals surface area (Å²) in [5.74, 6) is 0.533. The van der Waals surface area contributed by atoms with Crippen molar-refractivity contribution >= 4 is 5.91 Å². The third-order valence-electron chi connectivity index (χ3n) is 5.96. The SMILES string of the molecule is O=C(NCCC1CN(C2Cc3ccccc3C2)CCO1)C1CCC1. The van der Waals surface area contributed by atoms with Gasteiger partial charge in [0.25, 0.3) is 0 Å². The Hall–Kier alpha value is -1.39. The summed E-state index contributed by atoms with van der Waals surface area (Å²) in [6.45, 7) is 3.59. The lowest BCUT2D eigenvalue weighted by atomic mass is 9.85. The van der Waals surface area contributed by atoms with Gasteiger partial charge in [-0.2, -0.15) is 0 Å². The van der Waals surface area contributed by atoms with E-state index >= 15 is 0 Å². The number of rotatable bonds is 5. The normalized spacial score (nSPS) is 25.2. The summed E-state index contributed by atoms with van der Waals surface area (Å²) in [7, 11) is 0. The first-order chi connectivity index (χ1) is 11.8. The van der Waals surface area contributed by atoms with Crippen molar-refractivity contribution in [1.29, 1.82) is 0 Å². The first-order valence-corrected chi connectivity index (χ1v) is 9.50. The van der Waals surface area contributed by atoms with Crippen LogP contribution in [0.5, 0.6) is 0 Å². The van der Waals surface area contributed by atoms with Crippen LogP contribution in [0.25, 0.3) is 0 Å². The summed E-state index contributed by atoms with van der Waals surface area (Å²) >= 11 is 0. The molecule has 1 N–H and O–H groups in total. The average molecular weight is 328 g/mol. The van der Waals surface area contributed by atoms with Crippen molar-refractivity contribution in [3.63, 3.8) is 0 Å². The van der Waals surface area contributed by atoms with Crippen LogP contribution < -0.4 is 5.32 Å². The van der Waals surface area contributed by atoms with Crippen LogP contribution >= 0.6 is 0 Å². The number of nitrogens with one attached hydrogen (secondary N) is 1. The van der Waals surface area contributed by atoms with Gasteiger partial charge in [-0.3, -0.25) is 9.69 Å². The standard InChI is InChI=1S/C20H28N2O2/c23-20(15-6-3-7-15)21-9-8-19-14-22(10-11-24-19)18-12-16-4-1-2-5-17(16)13-18/h1-2,4-5,15,18-19H,3,6-14H2,(H,21,23). The second-order valence-corrected chi connectivity index (χ2v) is 7.53. The number of morpholine rings is 1. The number of carbonyl (C=O) groups is 1. The molecule has 1 amide bonds. The molecule has 1 heterocycles. The van der Waals surface area contributed by atoms with Gasteiger partial charge in [-0.15, -0.1) is 0 Å². The van der Waals surface area contributed by atoms with Gasteiger partial charge in [0.1, 0.15) is 0 Å². The van der Waals surface area contributed by atoms with E-state index in [1.54, 1.807) is 0 Å². The third kappa shape index (κ3) is 3.50. The highest BCUT2D eigenvalue weighted by molar-refractivity contribution is 5.79. The fraction of sp³-hybridized carbons (Fsp3) is 0.650. The van der Waals surface area contributed by atoms with E-state index in [4.69, 9.17) is 4.74 Å². The van der Waals surface area contributed by atoms with Crippen LogP contribution in [0.15, 0.2) is 24.3 Å². The Balaban J connectivity index is 1.23. The van der Waals surface area contributed by atoms with Crippen molar-refractivity contribution in [2.75, 3.05) is 26.2 Å². The summed E-state index contributed by atoms with van der Waals surface area (Å²) in [6.07, 6.45) is 6.87. The molecule has 1 aromatic rings. The number of nitrogens with zero attached hydrogens (tertiary/aromatic N) is 1. The Morgan fingerprint density at radius 3 is 2.62 bits per heavy atom.